The summed E-state index contributed by atoms with van der Waals surface area (Å²) in [7, 11) is 0. The van der Waals surface area contributed by atoms with Gasteiger partial charge in [-0.2, -0.15) is 20.1 Å². The van der Waals surface area contributed by atoms with Crippen LogP contribution in [0.5, 0.6) is 0 Å². The third kappa shape index (κ3) is 5.74. The monoisotopic (exact) mass is 473 g/mol. The molecule has 1 aromatic carbocycles. The van der Waals surface area contributed by atoms with Gasteiger partial charge in [-0.25, -0.2) is 5.43 Å². The van der Waals surface area contributed by atoms with Gasteiger partial charge in [-0.1, -0.05) is 36.4 Å². The van der Waals surface area contributed by atoms with E-state index in [0.29, 0.717) is 48.9 Å². The Bertz CT molecular complexity index is 846. The Morgan fingerprint density at radius 2 is 1.47 bits per heavy atom. The van der Waals surface area contributed by atoms with Gasteiger partial charge in [0.25, 0.3) is 0 Å². The molecule has 2 aliphatic rings. The molecule has 9 nitrogen and oxygen atoms in total. The number of nitrogens with zero attached hydrogens (tertiary/aromatic N) is 6. The molecule has 0 amide bonds. The van der Waals surface area contributed by atoms with E-state index in [0.717, 1.165) is 31.7 Å². The molecular weight excluding hydrogens is 450 g/mol. The summed E-state index contributed by atoms with van der Waals surface area (Å²) in [4.78, 5) is 18.0. The lowest BCUT2D eigenvalue weighted by Crippen LogP contribution is -2.40. The molecule has 2 aromatic rings. The zero-order valence-electron chi connectivity index (χ0n) is 16.6. The van der Waals surface area contributed by atoms with E-state index < -0.39 is 0 Å². The largest absolute Gasteiger partial charge is 0.378 e. The maximum absolute atomic E-state index is 5.45. The van der Waals surface area contributed by atoms with Crippen molar-refractivity contribution in [2.24, 2.45) is 5.10 Å². The fourth-order valence-electron chi connectivity index (χ4n) is 3.08. The number of hydrazone groups is 1. The predicted octanol–water partition coefficient (Wildman–Crippen LogP) is 2.38. The summed E-state index contributed by atoms with van der Waals surface area (Å²) >= 11 is 3.46. The quantitative estimate of drug-likeness (QED) is 0.505. The van der Waals surface area contributed by atoms with Crippen LogP contribution in [-0.4, -0.2) is 72.2 Å². The molecule has 1 N–H and O–H groups in total. The molecule has 2 saturated heterocycles. The molecule has 2 aliphatic heterocycles. The van der Waals surface area contributed by atoms with Crippen molar-refractivity contribution in [2.45, 2.75) is 0 Å². The topological polar surface area (TPSA) is 88.0 Å². The number of ether oxygens (including phenoxy) is 2. The second kappa shape index (κ2) is 10.5. The summed E-state index contributed by atoms with van der Waals surface area (Å²) in [6.45, 7) is 5.64. The standard InChI is InChI=1S/C20H24BrN7O2/c21-17(7-6-16-4-2-1-3-5-16)25-26-18-22-19(27-8-12-29-13-9-27)24-20(23-18)28-10-14-30-15-11-28/h1-7H,8-15H2,(H,22,23,24,26)/b7-6-,25-17-. The first-order valence-electron chi connectivity index (χ1n) is 9.92. The molecule has 3 heterocycles. The lowest BCUT2D eigenvalue weighted by atomic mass is 10.2. The highest BCUT2D eigenvalue weighted by Gasteiger charge is 2.20. The van der Waals surface area contributed by atoms with Gasteiger partial charge in [0.15, 0.2) is 0 Å². The minimum absolute atomic E-state index is 0.401. The van der Waals surface area contributed by atoms with E-state index in [1.807, 2.05) is 42.5 Å². The van der Waals surface area contributed by atoms with Gasteiger partial charge in [-0.3, -0.25) is 0 Å². The van der Waals surface area contributed by atoms with Crippen LogP contribution in [0.25, 0.3) is 6.08 Å². The summed E-state index contributed by atoms with van der Waals surface area (Å²) in [5, 5.41) is 4.34. The van der Waals surface area contributed by atoms with Crippen LogP contribution in [0.15, 0.2) is 41.5 Å². The number of morpholine rings is 2. The normalized spacial score (nSPS) is 18.1. The van der Waals surface area contributed by atoms with Gasteiger partial charge >= 0.3 is 0 Å². The van der Waals surface area contributed by atoms with Crippen molar-refractivity contribution in [3.05, 3.63) is 42.0 Å². The average Bonchev–Trinajstić information content (AvgIpc) is 2.83. The summed E-state index contributed by atoms with van der Waals surface area (Å²) in [5.74, 6) is 1.66. The van der Waals surface area contributed by atoms with Crippen LogP contribution in [0.1, 0.15) is 5.56 Å². The molecule has 30 heavy (non-hydrogen) atoms. The zero-order chi connectivity index (χ0) is 20.6. The molecule has 0 radical (unpaired) electrons. The van der Waals surface area contributed by atoms with Crippen molar-refractivity contribution in [2.75, 3.05) is 67.8 Å². The smallest absolute Gasteiger partial charge is 0.250 e. The third-order valence-electron chi connectivity index (χ3n) is 4.68. The van der Waals surface area contributed by atoms with Crippen LogP contribution in [0.4, 0.5) is 17.8 Å². The van der Waals surface area contributed by atoms with Gasteiger partial charge in [0.05, 0.1) is 26.4 Å². The van der Waals surface area contributed by atoms with Crippen LogP contribution in [-0.2, 0) is 9.47 Å². The van der Waals surface area contributed by atoms with E-state index in [4.69, 9.17) is 9.47 Å². The lowest BCUT2D eigenvalue weighted by molar-refractivity contribution is 0.121. The molecule has 1 aromatic heterocycles. The Morgan fingerprint density at radius 1 is 0.900 bits per heavy atom. The van der Waals surface area contributed by atoms with Crippen LogP contribution in [0.3, 0.4) is 0 Å². The van der Waals surface area contributed by atoms with E-state index >= 15 is 0 Å². The highest BCUT2D eigenvalue weighted by Crippen LogP contribution is 2.19. The number of rotatable bonds is 6. The summed E-state index contributed by atoms with van der Waals surface area (Å²) in [6.07, 6.45) is 3.84. The second-order valence-electron chi connectivity index (χ2n) is 6.75. The fourth-order valence-corrected chi connectivity index (χ4v) is 3.30. The number of allylic oxidation sites excluding steroid dienone is 1. The average molecular weight is 474 g/mol. The number of nitrogens with one attached hydrogen (secondary N) is 1. The Labute approximate surface area is 183 Å². The number of aromatic nitrogens is 3. The Balaban J connectivity index is 1.52. The van der Waals surface area contributed by atoms with E-state index in [2.05, 4.69) is 51.2 Å². The highest BCUT2D eigenvalue weighted by molar-refractivity contribution is 9.18. The number of hydrogen-bond donors (Lipinski definition) is 1. The fraction of sp³-hybridized carbons (Fsp3) is 0.400. The first-order valence-corrected chi connectivity index (χ1v) is 10.7. The molecule has 158 valence electrons. The predicted molar refractivity (Wildman–Crippen MR) is 121 cm³/mol. The molecule has 0 bridgehead atoms. The number of anilines is 3. The van der Waals surface area contributed by atoms with Crippen molar-refractivity contribution in [3.8, 4) is 0 Å². The van der Waals surface area contributed by atoms with Gasteiger partial charge < -0.3 is 19.3 Å². The molecule has 0 aliphatic carbocycles. The summed E-state index contributed by atoms with van der Waals surface area (Å²) in [5.41, 5.74) is 4.04. The Kier molecular flexibility index (Phi) is 7.22. The molecule has 0 atom stereocenters. The molecule has 4 rings (SSSR count). The van der Waals surface area contributed by atoms with E-state index in [1.165, 1.54) is 0 Å². The van der Waals surface area contributed by atoms with Gasteiger partial charge in [0.2, 0.25) is 17.8 Å². The molecular formula is C20H24BrN7O2. The SMILES string of the molecule is BrC(/C=C\c1ccccc1)=N\Nc1nc(N2CCOCC2)nc(N2CCOCC2)n1. The maximum atomic E-state index is 5.45. The summed E-state index contributed by atoms with van der Waals surface area (Å²) in [6, 6.07) is 10.0. The zero-order valence-corrected chi connectivity index (χ0v) is 18.2. The molecule has 0 unspecified atom stereocenters. The van der Waals surface area contributed by atoms with Crippen molar-refractivity contribution in [1.29, 1.82) is 0 Å². The van der Waals surface area contributed by atoms with E-state index in [1.54, 1.807) is 0 Å². The Hall–Kier alpha value is -2.56. The van der Waals surface area contributed by atoms with Crippen LogP contribution >= 0.6 is 15.9 Å². The van der Waals surface area contributed by atoms with Gasteiger partial charge in [-0.15, -0.1) is 0 Å². The first-order chi connectivity index (χ1) is 14.8. The number of hydrogen-bond acceptors (Lipinski definition) is 9. The van der Waals surface area contributed by atoms with E-state index in [-0.39, 0.29) is 0 Å². The molecule has 0 saturated carbocycles. The minimum atomic E-state index is 0.401. The maximum Gasteiger partial charge on any atom is 0.250 e. The third-order valence-corrected chi connectivity index (χ3v) is 5.12. The van der Waals surface area contributed by atoms with Gasteiger partial charge in [0, 0.05) is 26.2 Å². The molecule has 0 spiro atoms. The van der Waals surface area contributed by atoms with Crippen molar-refractivity contribution in [3.63, 3.8) is 0 Å². The molecule has 2 fully saturated rings. The van der Waals surface area contributed by atoms with Crippen molar-refractivity contribution in [1.82, 2.24) is 15.0 Å². The van der Waals surface area contributed by atoms with Crippen molar-refractivity contribution < 1.29 is 9.47 Å². The van der Waals surface area contributed by atoms with Crippen molar-refractivity contribution >= 4 is 44.5 Å². The number of halogens is 1. The highest BCUT2D eigenvalue weighted by atomic mass is 79.9. The minimum Gasteiger partial charge on any atom is -0.378 e. The lowest BCUT2D eigenvalue weighted by Gasteiger charge is -2.30. The van der Waals surface area contributed by atoms with E-state index in [9.17, 15) is 0 Å². The second-order valence-corrected chi connectivity index (χ2v) is 7.56. The van der Waals surface area contributed by atoms with Crippen LogP contribution in [0.2, 0.25) is 0 Å². The van der Waals surface area contributed by atoms with Gasteiger partial charge in [0.1, 0.15) is 4.62 Å². The van der Waals surface area contributed by atoms with Crippen LogP contribution < -0.4 is 15.2 Å². The number of benzene rings is 1. The van der Waals surface area contributed by atoms with Crippen LogP contribution in [0, 0.1) is 0 Å². The Morgan fingerprint density at radius 3 is 2.03 bits per heavy atom. The molecule has 10 heteroatoms. The summed E-state index contributed by atoms with van der Waals surface area (Å²) < 4.78 is 11.5. The van der Waals surface area contributed by atoms with Gasteiger partial charge in [-0.05, 0) is 27.6 Å². The first kappa shape index (κ1) is 20.7.